The lowest BCUT2D eigenvalue weighted by Crippen LogP contribution is -2.43. The van der Waals surface area contributed by atoms with Crippen LogP contribution in [-0.2, 0) is 27.2 Å². The van der Waals surface area contributed by atoms with Crippen molar-refractivity contribution in [1.82, 2.24) is 0 Å². The van der Waals surface area contributed by atoms with Gasteiger partial charge in [0.05, 0.1) is 22.0 Å². The van der Waals surface area contributed by atoms with Gasteiger partial charge in [-0.05, 0) is 61.3 Å². The summed E-state index contributed by atoms with van der Waals surface area (Å²) in [5, 5.41) is 11.1. The maximum absolute atomic E-state index is 13.9. The highest BCUT2D eigenvalue weighted by molar-refractivity contribution is 6.31. The Kier molecular flexibility index (Phi) is 6.47. The zero-order valence-electron chi connectivity index (χ0n) is 22.7. The Hall–Kier alpha value is -3.65. The summed E-state index contributed by atoms with van der Waals surface area (Å²) in [5.41, 5.74) is -3.26. The third-order valence-corrected chi connectivity index (χ3v) is 7.01. The number of ether oxygens (including phenoxy) is 2. The fourth-order valence-corrected chi connectivity index (χ4v) is 4.57. The molecule has 4 rings (SSSR count). The SMILES string of the molecule is CC(=O)C1(O)CCc2c(c(OC(=O)C(C)(C)C)c3c(c2OC(=O)C(C)(C)C)C(=O)c2ccccc2C3=O)C1. The smallest absolute Gasteiger partial charge is 0.316 e. The molecule has 0 bridgehead atoms. The van der Waals surface area contributed by atoms with Gasteiger partial charge < -0.3 is 14.6 Å². The molecule has 2 aromatic rings. The Morgan fingerprint density at radius 2 is 1.21 bits per heavy atom. The van der Waals surface area contributed by atoms with Crippen LogP contribution in [0, 0.1) is 10.8 Å². The number of fused-ring (bicyclic) bond motifs is 3. The molecule has 0 amide bonds. The van der Waals surface area contributed by atoms with Gasteiger partial charge in [0, 0.05) is 28.7 Å². The van der Waals surface area contributed by atoms with Gasteiger partial charge >= 0.3 is 11.9 Å². The van der Waals surface area contributed by atoms with Crippen molar-refractivity contribution in [3.8, 4) is 11.5 Å². The molecule has 0 aromatic heterocycles. The number of aliphatic hydroxyl groups is 1. The van der Waals surface area contributed by atoms with Crippen LogP contribution in [0.5, 0.6) is 11.5 Å². The minimum absolute atomic E-state index is 0.000427. The second kappa shape index (κ2) is 8.98. The van der Waals surface area contributed by atoms with E-state index in [-0.39, 0.29) is 58.6 Å². The average Bonchev–Trinajstić information content (AvgIpc) is 2.82. The molecule has 2 aromatic carbocycles. The Morgan fingerprint density at radius 1 is 0.789 bits per heavy atom. The van der Waals surface area contributed by atoms with Gasteiger partial charge in [-0.15, -0.1) is 0 Å². The van der Waals surface area contributed by atoms with E-state index in [1.54, 1.807) is 53.7 Å². The molecule has 1 atom stereocenters. The van der Waals surface area contributed by atoms with Crippen molar-refractivity contribution < 1.29 is 38.6 Å². The highest BCUT2D eigenvalue weighted by atomic mass is 16.5. The molecule has 2 aliphatic carbocycles. The number of rotatable bonds is 3. The first-order valence-electron chi connectivity index (χ1n) is 12.6. The number of carbonyl (C=O) groups excluding carboxylic acids is 5. The van der Waals surface area contributed by atoms with Crippen LogP contribution in [0.1, 0.15) is 97.9 Å². The molecule has 8 heteroatoms. The van der Waals surface area contributed by atoms with Gasteiger partial charge in [0.2, 0.25) is 0 Å². The van der Waals surface area contributed by atoms with Gasteiger partial charge in [0.15, 0.2) is 17.3 Å². The molecule has 1 N–H and O–H groups in total. The predicted molar refractivity (Wildman–Crippen MR) is 138 cm³/mol. The summed E-state index contributed by atoms with van der Waals surface area (Å²) < 4.78 is 11.7. The summed E-state index contributed by atoms with van der Waals surface area (Å²) in [6.45, 7) is 11.2. The van der Waals surface area contributed by atoms with Crippen molar-refractivity contribution in [1.29, 1.82) is 0 Å². The quantitative estimate of drug-likeness (QED) is 0.403. The first kappa shape index (κ1) is 27.4. The van der Waals surface area contributed by atoms with Crippen molar-refractivity contribution in [2.75, 3.05) is 0 Å². The molecule has 0 heterocycles. The largest absolute Gasteiger partial charge is 0.425 e. The maximum atomic E-state index is 13.9. The highest BCUT2D eigenvalue weighted by Gasteiger charge is 2.46. The Balaban J connectivity index is 2.11. The van der Waals surface area contributed by atoms with Crippen LogP contribution in [0.3, 0.4) is 0 Å². The second-order valence-electron chi connectivity index (χ2n) is 12.1. The predicted octanol–water partition coefficient (Wildman–Crippen LogP) is 4.17. The van der Waals surface area contributed by atoms with Crippen LogP contribution in [0.2, 0.25) is 0 Å². The van der Waals surface area contributed by atoms with Crippen LogP contribution in [-0.4, -0.2) is 40.0 Å². The third kappa shape index (κ3) is 4.47. The van der Waals surface area contributed by atoms with Crippen LogP contribution < -0.4 is 9.47 Å². The van der Waals surface area contributed by atoms with E-state index < -0.39 is 45.7 Å². The second-order valence-corrected chi connectivity index (χ2v) is 12.1. The standard InChI is InChI=1S/C30H32O8/c1-15(31)30(36)13-12-18-19(14-30)25(38-27(35)29(5,6)7)21-20(24(18)37-26(34)28(2,3)4)22(32)16-10-8-9-11-17(16)23(21)33/h8-11,36H,12-14H2,1-7H3. The average molecular weight is 521 g/mol. The first-order valence-corrected chi connectivity index (χ1v) is 12.6. The summed E-state index contributed by atoms with van der Waals surface area (Å²) in [4.78, 5) is 66.4. The highest BCUT2D eigenvalue weighted by Crippen LogP contribution is 2.49. The lowest BCUT2D eigenvalue weighted by atomic mass is 9.73. The minimum atomic E-state index is -1.78. The lowest BCUT2D eigenvalue weighted by Gasteiger charge is -2.36. The molecule has 2 aliphatic rings. The number of Topliss-reactive ketones (excluding diaryl/α,β-unsaturated/α-hetero) is 1. The van der Waals surface area contributed by atoms with E-state index in [4.69, 9.17) is 9.47 Å². The molecule has 0 saturated heterocycles. The van der Waals surface area contributed by atoms with Crippen molar-refractivity contribution in [2.24, 2.45) is 10.8 Å². The topological polar surface area (TPSA) is 124 Å². The van der Waals surface area contributed by atoms with Crippen LogP contribution in [0.15, 0.2) is 24.3 Å². The molecule has 0 radical (unpaired) electrons. The molecule has 38 heavy (non-hydrogen) atoms. The summed E-state index contributed by atoms with van der Waals surface area (Å²) in [6, 6.07) is 6.26. The summed E-state index contributed by atoms with van der Waals surface area (Å²) in [5.74, 6) is -3.20. The van der Waals surface area contributed by atoms with Crippen molar-refractivity contribution >= 4 is 29.3 Å². The summed E-state index contributed by atoms with van der Waals surface area (Å²) >= 11 is 0. The number of esters is 2. The number of hydrogen-bond acceptors (Lipinski definition) is 8. The van der Waals surface area contributed by atoms with Gasteiger partial charge in [0.1, 0.15) is 17.1 Å². The van der Waals surface area contributed by atoms with Crippen LogP contribution in [0.4, 0.5) is 0 Å². The minimum Gasteiger partial charge on any atom is -0.425 e. The molecule has 8 nitrogen and oxygen atoms in total. The maximum Gasteiger partial charge on any atom is 0.316 e. The van der Waals surface area contributed by atoms with Crippen molar-refractivity contribution in [3.05, 3.63) is 57.6 Å². The number of carbonyl (C=O) groups is 5. The number of hydrogen-bond donors (Lipinski definition) is 1. The monoisotopic (exact) mass is 520 g/mol. The molecule has 1 unspecified atom stereocenters. The van der Waals surface area contributed by atoms with Crippen LogP contribution in [0.25, 0.3) is 0 Å². The molecule has 0 aliphatic heterocycles. The van der Waals surface area contributed by atoms with E-state index in [0.29, 0.717) is 5.56 Å². The van der Waals surface area contributed by atoms with E-state index in [0.717, 1.165) is 0 Å². The van der Waals surface area contributed by atoms with E-state index in [1.165, 1.54) is 19.1 Å². The van der Waals surface area contributed by atoms with Gasteiger partial charge in [-0.3, -0.25) is 24.0 Å². The van der Waals surface area contributed by atoms with Gasteiger partial charge in [-0.1, -0.05) is 24.3 Å². The number of ketones is 3. The molecular formula is C30H32O8. The summed E-state index contributed by atoms with van der Waals surface area (Å²) in [7, 11) is 0. The third-order valence-electron chi connectivity index (χ3n) is 7.01. The van der Waals surface area contributed by atoms with Crippen molar-refractivity contribution in [2.45, 2.75) is 73.3 Å². The lowest BCUT2D eigenvalue weighted by molar-refractivity contribution is -0.144. The Labute approximate surface area is 221 Å². The molecule has 0 fully saturated rings. The molecule has 0 saturated carbocycles. The number of benzene rings is 2. The van der Waals surface area contributed by atoms with E-state index in [2.05, 4.69) is 0 Å². The fourth-order valence-electron chi connectivity index (χ4n) is 4.57. The zero-order valence-corrected chi connectivity index (χ0v) is 22.7. The first-order chi connectivity index (χ1) is 17.5. The summed E-state index contributed by atoms with van der Waals surface area (Å²) in [6.07, 6.45) is -0.227. The van der Waals surface area contributed by atoms with E-state index in [1.807, 2.05) is 0 Å². The molecule has 0 spiro atoms. The zero-order chi connectivity index (χ0) is 28.4. The van der Waals surface area contributed by atoms with Crippen molar-refractivity contribution in [3.63, 3.8) is 0 Å². The normalized spacial score (nSPS) is 18.7. The molecular weight excluding hydrogens is 488 g/mol. The van der Waals surface area contributed by atoms with Gasteiger partial charge in [-0.2, -0.15) is 0 Å². The van der Waals surface area contributed by atoms with Crippen LogP contribution >= 0.6 is 0 Å². The Morgan fingerprint density at radius 3 is 1.61 bits per heavy atom. The van der Waals surface area contributed by atoms with E-state index >= 15 is 0 Å². The van der Waals surface area contributed by atoms with E-state index in [9.17, 15) is 29.1 Å². The molecule has 200 valence electrons. The van der Waals surface area contributed by atoms with Gasteiger partial charge in [0.25, 0.3) is 0 Å². The fraction of sp³-hybridized carbons (Fsp3) is 0.433. The van der Waals surface area contributed by atoms with Gasteiger partial charge in [-0.25, -0.2) is 0 Å². The Bertz CT molecular complexity index is 1420.